The molecule has 2 aromatic rings. The number of carbonyl (C=O) groups is 2. The summed E-state index contributed by atoms with van der Waals surface area (Å²) in [5.41, 5.74) is 2.04. The van der Waals surface area contributed by atoms with Crippen LogP contribution in [0, 0.1) is 5.92 Å². The number of para-hydroxylation sites is 2. The van der Waals surface area contributed by atoms with Crippen molar-refractivity contribution in [3.63, 3.8) is 0 Å². The van der Waals surface area contributed by atoms with Crippen molar-refractivity contribution in [3.8, 4) is 5.75 Å². The molecule has 1 heterocycles. The summed E-state index contributed by atoms with van der Waals surface area (Å²) in [7, 11) is 0. The second-order valence-electron chi connectivity index (χ2n) is 6.34. The smallest absolute Gasteiger partial charge is 0.227 e. The number of nitrogens with one attached hydrogen (secondary N) is 1. The Morgan fingerprint density at radius 2 is 1.88 bits per heavy atom. The van der Waals surface area contributed by atoms with Crippen LogP contribution < -0.4 is 15.0 Å². The van der Waals surface area contributed by atoms with Crippen molar-refractivity contribution in [2.75, 3.05) is 24.6 Å². The molecule has 1 N–H and O–H groups in total. The van der Waals surface area contributed by atoms with Crippen LogP contribution in [0.3, 0.4) is 0 Å². The molecule has 0 bridgehead atoms. The average Bonchev–Trinajstić information content (AvgIpc) is 3.07. The Bertz CT molecular complexity index is 761. The molecule has 2 aromatic carbocycles. The third kappa shape index (κ3) is 4.23. The Kier molecular flexibility index (Phi) is 5.89. The van der Waals surface area contributed by atoms with Crippen molar-refractivity contribution in [1.82, 2.24) is 5.32 Å². The molecule has 1 unspecified atom stereocenters. The third-order valence-electron chi connectivity index (χ3n) is 4.57. The van der Waals surface area contributed by atoms with Gasteiger partial charge in [0.2, 0.25) is 11.8 Å². The second-order valence-corrected chi connectivity index (χ2v) is 6.34. The van der Waals surface area contributed by atoms with Crippen LogP contribution in [0.2, 0.25) is 0 Å². The number of amides is 2. The van der Waals surface area contributed by atoms with Crippen molar-refractivity contribution in [1.29, 1.82) is 0 Å². The molecular formula is C21H24N2O3. The summed E-state index contributed by atoms with van der Waals surface area (Å²) in [5.74, 6) is 0.377. The number of anilines is 1. The number of aryl methyl sites for hydroxylation is 1. The van der Waals surface area contributed by atoms with Crippen molar-refractivity contribution >= 4 is 17.5 Å². The van der Waals surface area contributed by atoms with Crippen LogP contribution in [0.25, 0.3) is 0 Å². The van der Waals surface area contributed by atoms with Gasteiger partial charge in [0.05, 0.1) is 12.5 Å². The molecule has 5 nitrogen and oxygen atoms in total. The van der Waals surface area contributed by atoms with Gasteiger partial charge < -0.3 is 15.0 Å². The summed E-state index contributed by atoms with van der Waals surface area (Å²) in [6, 6.07) is 17.4. The average molecular weight is 352 g/mol. The van der Waals surface area contributed by atoms with Crippen molar-refractivity contribution in [3.05, 3.63) is 60.2 Å². The second kappa shape index (κ2) is 8.52. The van der Waals surface area contributed by atoms with Gasteiger partial charge in [0.15, 0.2) is 0 Å². The highest BCUT2D eigenvalue weighted by molar-refractivity contribution is 6.00. The van der Waals surface area contributed by atoms with E-state index in [4.69, 9.17) is 4.74 Å². The number of ether oxygens (including phenoxy) is 1. The molecule has 1 aliphatic rings. The first kappa shape index (κ1) is 18.0. The zero-order valence-corrected chi connectivity index (χ0v) is 15.0. The maximum absolute atomic E-state index is 12.4. The SMILES string of the molecule is CCc1ccccc1N1CC(C(=O)NCCOc2ccccc2)CC1=O. The Morgan fingerprint density at radius 3 is 2.65 bits per heavy atom. The lowest BCUT2D eigenvalue weighted by atomic mass is 10.1. The van der Waals surface area contributed by atoms with Gasteiger partial charge in [0, 0.05) is 18.7 Å². The largest absolute Gasteiger partial charge is 0.492 e. The van der Waals surface area contributed by atoms with Crippen LogP contribution in [0.4, 0.5) is 5.69 Å². The van der Waals surface area contributed by atoms with E-state index in [1.165, 1.54) is 0 Å². The Balaban J connectivity index is 1.51. The Labute approximate surface area is 154 Å². The maximum atomic E-state index is 12.4. The van der Waals surface area contributed by atoms with E-state index in [0.717, 1.165) is 23.4 Å². The van der Waals surface area contributed by atoms with Crippen LogP contribution in [0.5, 0.6) is 5.75 Å². The lowest BCUT2D eigenvalue weighted by Gasteiger charge is -2.20. The van der Waals surface area contributed by atoms with E-state index in [2.05, 4.69) is 12.2 Å². The highest BCUT2D eigenvalue weighted by Crippen LogP contribution is 2.28. The van der Waals surface area contributed by atoms with Gasteiger partial charge in [0.1, 0.15) is 12.4 Å². The lowest BCUT2D eigenvalue weighted by molar-refractivity contribution is -0.126. The Hall–Kier alpha value is -2.82. The minimum absolute atomic E-state index is 0.00610. The predicted molar refractivity (Wildman–Crippen MR) is 101 cm³/mol. The maximum Gasteiger partial charge on any atom is 0.227 e. The van der Waals surface area contributed by atoms with Crippen molar-refractivity contribution < 1.29 is 14.3 Å². The summed E-state index contributed by atoms with van der Waals surface area (Å²) in [6.45, 7) is 3.32. The number of nitrogens with zero attached hydrogens (tertiary/aromatic N) is 1. The molecule has 0 radical (unpaired) electrons. The summed E-state index contributed by atoms with van der Waals surface area (Å²) < 4.78 is 5.57. The van der Waals surface area contributed by atoms with Crippen LogP contribution in [-0.4, -0.2) is 31.5 Å². The molecule has 1 aliphatic heterocycles. The molecule has 26 heavy (non-hydrogen) atoms. The number of rotatable bonds is 7. The molecule has 1 fully saturated rings. The van der Waals surface area contributed by atoms with Crippen LogP contribution in [0.15, 0.2) is 54.6 Å². The first-order valence-corrected chi connectivity index (χ1v) is 9.03. The molecule has 1 atom stereocenters. The van der Waals surface area contributed by atoms with Crippen molar-refractivity contribution in [2.24, 2.45) is 5.92 Å². The first-order valence-electron chi connectivity index (χ1n) is 9.03. The quantitative estimate of drug-likeness (QED) is 0.780. The molecule has 5 heteroatoms. The topological polar surface area (TPSA) is 58.6 Å². The van der Waals surface area contributed by atoms with E-state index in [9.17, 15) is 9.59 Å². The number of benzene rings is 2. The van der Waals surface area contributed by atoms with E-state index in [-0.39, 0.29) is 24.2 Å². The molecule has 2 amide bonds. The fraction of sp³-hybridized carbons (Fsp3) is 0.333. The fourth-order valence-corrected chi connectivity index (χ4v) is 3.19. The molecule has 136 valence electrons. The zero-order valence-electron chi connectivity index (χ0n) is 15.0. The molecule has 0 saturated carbocycles. The van der Waals surface area contributed by atoms with Gasteiger partial charge in [-0.05, 0) is 30.2 Å². The van der Waals surface area contributed by atoms with E-state index in [0.29, 0.717) is 19.7 Å². The van der Waals surface area contributed by atoms with Gasteiger partial charge in [-0.2, -0.15) is 0 Å². The number of hydrogen-bond acceptors (Lipinski definition) is 3. The highest BCUT2D eigenvalue weighted by atomic mass is 16.5. The standard InChI is InChI=1S/C21H24N2O3/c1-2-16-8-6-7-11-19(16)23-15-17(14-20(23)24)21(25)22-12-13-26-18-9-4-3-5-10-18/h3-11,17H,2,12-15H2,1H3,(H,22,25). The Morgan fingerprint density at radius 1 is 1.15 bits per heavy atom. The lowest BCUT2D eigenvalue weighted by Crippen LogP contribution is -2.35. The van der Waals surface area contributed by atoms with Gasteiger partial charge in [-0.1, -0.05) is 43.3 Å². The molecule has 1 saturated heterocycles. The van der Waals surface area contributed by atoms with Crippen LogP contribution >= 0.6 is 0 Å². The molecule has 0 spiro atoms. The molecule has 0 aliphatic carbocycles. The predicted octanol–water partition coefficient (Wildman–Crippen LogP) is 2.80. The van der Waals surface area contributed by atoms with Crippen molar-refractivity contribution in [2.45, 2.75) is 19.8 Å². The fourth-order valence-electron chi connectivity index (χ4n) is 3.19. The zero-order chi connectivity index (χ0) is 18.4. The van der Waals surface area contributed by atoms with Gasteiger partial charge >= 0.3 is 0 Å². The molecule has 0 aromatic heterocycles. The van der Waals surface area contributed by atoms with E-state index in [1.807, 2.05) is 54.6 Å². The molecular weight excluding hydrogens is 328 g/mol. The van der Waals surface area contributed by atoms with Gasteiger partial charge in [0.25, 0.3) is 0 Å². The van der Waals surface area contributed by atoms with Crippen LogP contribution in [-0.2, 0) is 16.0 Å². The highest BCUT2D eigenvalue weighted by Gasteiger charge is 2.35. The van der Waals surface area contributed by atoms with E-state index in [1.54, 1.807) is 4.90 Å². The molecule has 3 rings (SSSR count). The van der Waals surface area contributed by atoms with E-state index < -0.39 is 0 Å². The van der Waals surface area contributed by atoms with Gasteiger partial charge in [-0.15, -0.1) is 0 Å². The summed E-state index contributed by atoms with van der Waals surface area (Å²) >= 11 is 0. The minimum atomic E-state index is -0.316. The number of carbonyl (C=O) groups excluding carboxylic acids is 2. The van der Waals surface area contributed by atoms with Gasteiger partial charge in [-0.3, -0.25) is 9.59 Å². The first-order chi connectivity index (χ1) is 12.7. The monoisotopic (exact) mass is 352 g/mol. The summed E-state index contributed by atoms with van der Waals surface area (Å²) in [4.78, 5) is 26.5. The number of hydrogen-bond donors (Lipinski definition) is 1. The van der Waals surface area contributed by atoms with Crippen LogP contribution in [0.1, 0.15) is 18.9 Å². The summed E-state index contributed by atoms with van der Waals surface area (Å²) in [5, 5.41) is 2.87. The van der Waals surface area contributed by atoms with E-state index >= 15 is 0 Å². The minimum Gasteiger partial charge on any atom is -0.492 e. The summed E-state index contributed by atoms with van der Waals surface area (Å²) in [6.07, 6.45) is 1.11. The van der Waals surface area contributed by atoms with Gasteiger partial charge in [-0.25, -0.2) is 0 Å². The normalized spacial score (nSPS) is 16.6. The third-order valence-corrected chi connectivity index (χ3v) is 4.57.